The summed E-state index contributed by atoms with van der Waals surface area (Å²) >= 11 is 5.65. The zero-order valence-electron chi connectivity index (χ0n) is 13.1. The molecule has 0 heterocycles. The molecular weight excluding hydrogens is 422 g/mol. The molecule has 148 valence electrons. The van der Waals surface area contributed by atoms with Gasteiger partial charge in [0, 0.05) is 10.6 Å². The molecule has 2 aromatic carbocycles. The third kappa shape index (κ3) is 4.22. The van der Waals surface area contributed by atoms with E-state index in [-0.39, 0.29) is 15.5 Å². The number of alkyl halides is 6. The van der Waals surface area contributed by atoms with Gasteiger partial charge in [-0.3, -0.25) is 0 Å². The van der Waals surface area contributed by atoms with Crippen molar-refractivity contribution in [1.29, 1.82) is 0 Å². The summed E-state index contributed by atoms with van der Waals surface area (Å²) in [6, 6.07) is 7.45. The third-order valence-corrected chi connectivity index (χ3v) is 5.68. The highest BCUT2D eigenvalue weighted by Gasteiger charge is 2.71. The van der Waals surface area contributed by atoms with Crippen LogP contribution < -0.4 is 0 Å². The lowest BCUT2D eigenvalue weighted by Crippen LogP contribution is -2.53. The fourth-order valence-corrected chi connectivity index (χ4v) is 3.75. The molecule has 0 fully saturated rings. The van der Waals surface area contributed by atoms with E-state index in [1.807, 2.05) is 0 Å². The summed E-state index contributed by atoms with van der Waals surface area (Å²) in [5.74, 6) is -0.661. The van der Waals surface area contributed by atoms with Crippen LogP contribution in [0.2, 0.25) is 5.02 Å². The summed E-state index contributed by atoms with van der Waals surface area (Å²) in [6.45, 7) is 0. The van der Waals surface area contributed by atoms with Crippen LogP contribution in [0.5, 0.6) is 0 Å². The van der Waals surface area contributed by atoms with Gasteiger partial charge < -0.3 is 5.11 Å². The Morgan fingerprint density at radius 1 is 0.815 bits per heavy atom. The molecule has 0 saturated heterocycles. The van der Waals surface area contributed by atoms with Crippen molar-refractivity contribution in [3.8, 4) is 0 Å². The number of halogens is 7. The van der Waals surface area contributed by atoms with Gasteiger partial charge in [-0.1, -0.05) is 35.9 Å². The monoisotopic (exact) mass is 432 g/mol. The third-order valence-electron chi connectivity index (χ3n) is 3.72. The lowest BCUT2D eigenvalue weighted by Gasteiger charge is -2.32. The molecule has 0 atom stereocenters. The fourth-order valence-electron chi connectivity index (χ4n) is 2.27. The topological polar surface area (TPSA) is 54.4 Å². The van der Waals surface area contributed by atoms with E-state index in [0.29, 0.717) is 12.1 Å². The van der Waals surface area contributed by atoms with Gasteiger partial charge in [0.15, 0.2) is 9.84 Å². The highest BCUT2D eigenvalue weighted by atomic mass is 35.5. The number of sulfone groups is 1. The van der Waals surface area contributed by atoms with E-state index < -0.39 is 39.1 Å². The molecule has 27 heavy (non-hydrogen) atoms. The van der Waals surface area contributed by atoms with Crippen LogP contribution in [0.3, 0.4) is 0 Å². The quantitative estimate of drug-likeness (QED) is 0.717. The second-order valence-electron chi connectivity index (χ2n) is 5.62. The molecule has 0 spiro atoms. The average Bonchev–Trinajstić information content (AvgIpc) is 2.52. The van der Waals surface area contributed by atoms with Crippen LogP contribution in [0.15, 0.2) is 53.4 Å². The van der Waals surface area contributed by atoms with Crippen molar-refractivity contribution in [2.24, 2.45) is 0 Å². The van der Waals surface area contributed by atoms with Gasteiger partial charge in [-0.15, -0.1) is 0 Å². The zero-order valence-corrected chi connectivity index (χ0v) is 14.7. The van der Waals surface area contributed by atoms with Crippen molar-refractivity contribution in [2.45, 2.75) is 28.6 Å². The lowest BCUT2D eigenvalue weighted by molar-refractivity contribution is -0.376. The maximum atomic E-state index is 12.8. The van der Waals surface area contributed by atoms with Gasteiger partial charge in [-0.2, -0.15) is 26.3 Å². The second-order valence-corrected chi connectivity index (χ2v) is 8.04. The van der Waals surface area contributed by atoms with E-state index in [9.17, 15) is 39.9 Å². The predicted molar refractivity (Wildman–Crippen MR) is 84.8 cm³/mol. The minimum absolute atomic E-state index is 0.0552. The Labute approximate surface area is 155 Å². The van der Waals surface area contributed by atoms with Crippen LogP contribution in [-0.2, 0) is 21.2 Å². The fraction of sp³-hybridized carbons (Fsp3) is 0.250. The molecule has 0 aliphatic rings. The van der Waals surface area contributed by atoms with Crippen molar-refractivity contribution < 1.29 is 39.9 Å². The van der Waals surface area contributed by atoms with Crippen molar-refractivity contribution in [3.05, 3.63) is 64.7 Å². The molecule has 0 saturated carbocycles. The molecule has 0 aliphatic carbocycles. The van der Waals surface area contributed by atoms with E-state index >= 15 is 0 Å². The maximum Gasteiger partial charge on any atom is 0.430 e. The van der Waals surface area contributed by atoms with E-state index in [1.165, 1.54) is 24.3 Å². The Morgan fingerprint density at radius 2 is 1.26 bits per heavy atom. The molecule has 0 amide bonds. The van der Waals surface area contributed by atoms with E-state index in [4.69, 9.17) is 11.6 Å². The number of hydrogen-bond donors (Lipinski definition) is 1. The lowest BCUT2D eigenvalue weighted by atomic mass is 9.92. The Bertz CT molecular complexity index is 889. The summed E-state index contributed by atoms with van der Waals surface area (Å²) in [6.07, 6.45) is -12.0. The standard InChI is InChI=1S/C16H11ClF6O3S/c17-12-5-7-13(8-6-12)27(25,26)9-10-1-3-11(4-2-10)14(24,15(18,19)20)16(21,22)23/h1-8,24H,9H2. The van der Waals surface area contributed by atoms with Gasteiger partial charge in [-0.25, -0.2) is 8.42 Å². The normalized spacial score (nSPS) is 13.6. The minimum atomic E-state index is -6.01. The van der Waals surface area contributed by atoms with E-state index in [1.54, 1.807) is 0 Å². The van der Waals surface area contributed by atoms with Crippen LogP contribution in [0.1, 0.15) is 11.1 Å². The Kier molecular flexibility index (Phi) is 5.57. The van der Waals surface area contributed by atoms with Gasteiger partial charge in [0.25, 0.3) is 5.60 Å². The first-order valence-electron chi connectivity index (χ1n) is 7.12. The molecule has 0 unspecified atom stereocenters. The van der Waals surface area contributed by atoms with Gasteiger partial charge in [0.2, 0.25) is 0 Å². The number of aliphatic hydroxyl groups is 1. The van der Waals surface area contributed by atoms with Gasteiger partial charge in [0.05, 0.1) is 10.6 Å². The first-order chi connectivity index (χ1) is 12.2. The molecule has 3 nitrogen and oxygen atoms in total. The summed E-state index contributed by atoms with van der Waals surface area (Å²) in [5.41, 5.74) is -6.58. The molecule has 2 rings (SSSR count). The van der Waals surface area contributed by atoms with Gasteiger partial charge in [-0.05, 0) is 29.8 Å². The van der Waals surface area contributed by atoms with E-state index in [0.717, 1.165) is 12.1 Å². The molecule has 2 aromatic rings. The van der Waals surface area contributed by atoms with Crippen molar-refractivity contribution in [1.82, 2.24) is 0 Å². The minimum Gasteiger partial charge on any atom is -0.369 e. The number of rotatable bonds is 4. The summed E-state index contributed by atoms with van der Waals surface area (Å²) < 4.78 is 102. The number of hydrogen-bond acceptors (Lipinski definition) is 3. The van der Waals surface area contributed by atoms with Crippen LogP contribution in [0.4, 0.5) is 26.3 Å². The molecule has 0 bridgehead atoms. The maximum absolute atomic E-state index is 12.8. The van der Waals surface area contributed by atoms with Crippen LogP contribution >= 0.6 is 11.6 Å². The van der Waals surface area contributed by atoms with Gasteiger partial charge in [0.1, 0.15) is 0 Å². The molecule has 11 heteroatoms. The summed E-state index contributed by atoms with van der Waals surface area (Å²) in [4.78, 5) is -0.113. The first kappa shape index (κ1) is 21.5. The Hall–Kier alpha value is -1.78. The zero-order chi connectivity index (χ0) is 20.7. The van der Waals surface area contributed by atoms with Crippen LogP contribution in [0, 0.1) is 0 Å². The summed E-state index contributed by atoms with van der Waals surface area (Å²) in [5, 5.41) is 9.59. The smallest absolute Gasteiger partial charge is 0.369 e. The largest absolute Gasteiger partial charge is 0.430 e. The van der Waals surface area contributed by atoms with E-state index in [2.05, 4.69) is 0 Å². The van der Waals surface area contributed by atoms with Crippen LogP contribution in [-0.4, -0.2) is 25.9 Å². The predicted octanol–water partition coefficient (Wildman–Crippen LogP) is 4.63. The highest BCUT2D eigenvalue weighted by Crippen LogP contribution is 2.49. The first-order valence-corrected chi connectivity index (χ1v) is 9.15. The highest BCUT2D eigenvalue weighted by molar-refractivity contribution is 7.90. The molecule has 1 N–H and O–H groups in total. The molecule has 0 aromatic heterocycles. The SMILES string of the molecule is O=S(=O)(Cc1ccc(C(O)(C(F)(F)F)C(F)(F)F)cc1)c1ccc(Cl)cc1. The Morgan fingerprint density at radius 3 is 1.67 bits per heavy atom. The van der Waals surface area contributed by atoms with Crippen LogP contribution in [0.25, 0.3) is 0 Å². The van der Waals surface area contributed by atoms with Gasteiger partial charge >= 0.3 is 12.4 Å². The number of benzene rings is 2. The van der Waals surface area contributed by atoms with Crippen molar-refractivity contribution in [3.63, 3.8) is 0 Å². The average molecular weight is 433 g/mol. The molecule has 0 radical (unpaired) electrons. The summed E-state index contributed by atoms with van der Waals surface area (Å²) in [7, 11) is -3.90. The molecule has 0 aliphatic heterocycles. The molecular formula is C16H11ClF6O3S. The second kappa shape index (κ2) is 6.99. The Balaban J connectivity index is 2.36. The van der Waals surface area contributed by atoms with Crippen molar-refractivity contribution >= 4 is 21.4 Å². The van der Waals surface area contributed by atoms with Crippen molar-refractivity contribution in [2.75, 3.05) is 0 Å².